The summed E-state index contributed by atoms with van der Waals surface area (Å²) in [4.78, 5) is 12.2. The number of hydrogen-bond acceptors (Lipinski definition) is 2. The van der Waals surface area contributed by atoms with Crippen molar-refractivity contribution in [1.29, 1.82) is 0 Å². The monoisotopic (exact) mass is 336 g/mol. The summed E-state index contributed by atoms with van der Waals surface area (Å²) in [5.41, 5.74) is 7.56. The van der Waals surface area contributed by atoms with E-state index in [-0.39, 0.29) is 22.0 Å². The third-order valence-electron chi connectivity index (χ3n) is 3.01. The number of para-hydroxylation sites is 1. The first-order valence-corrected chi connectivity index (χ1v) is 6.89. The average Bonchev–Trinajstić information content (AvgIpc) is 2.42. The standard InChI is InChI=1S/C15H14BrFN2O/c1-9(10-5-2-3-8-13(10)18)19-15(20)11-6-4-7-12(17)14(11)16/h2-9H,18H2,1H3,(H,19,20). The van der Waals surface area contributed by atoms with Crippen LogP contribution in [0.1, 0.15) is 28.9 Å². The number of carbonyl (C=O) groups is 1. The van der Waals surface area contributed by atoms with Crippen molar-refractivity contribution in [2.45, 2.75) is 13.0 Å². The molecule has 0 heterocycles. The van der Waals surface area contributed by atoms with Crippen molar-refractivity contribution in [2.75, 3.05) is 5.73 Å². The molecule has 5 heteroatoms. The van der Waals surface area contributed by atoms with Crippen molar-refractivity contribution in [1.82, 2.24) is 5.32 Å². The largest absolute Gasteiger partial charge is 0.398 e. The lowest BCUT2D eigenvalue weighted by Gasteiger charge is -2.16. The molecule has 0 aromatic heterocycles. The van der Waals surface area contributed by atoms with Crippen LogP contribution in [-0.4, -0.2) is 5.91 Å². The van der Waals surface area contributed by atoms with Crippen molar-refractivity contribution in [3.63, 3.8) is 0 Å². The first kappa shape index (κ1) is 14.5. The van der Waals surface area contributed by atoms with E-state index in [1.54, 1.807) is 12.1 Å². The topological polar surface area (TPSA) is 55.1 Å². The summed E-state index contributed by atoms with van der Waals surface area (Å²) in [5, 5.41) is 2.81. The summed E-state index contributed by atoms with van der Waals surface area (Å²) >= 11 is 3.08. The highest BCUT2D eigenvalue weighted by atomic mass is 79.9. The van der Waals surface area contributed by atoms with Crippen LogP contribution in [0.15, 0.2) is 46.9 Å². The quantitative estimate of drug-likeness (QED) is 0.840. The maximum Gasteiger partial charge on any atom is 0.253 e. The lowest BCUT2D eigenvalue weighted by molar-refractivity contribution is 0.0938. The third kappa shape index (κ3) is 2.99. The van der Waals surface area contributed by atoms with E-state index in [4.69, 9.17) is 5.73 Å². The normalized spacial score (nSPS) is 11.9. The van der Waals surface area contributed by atoms with E-state index in [1.807, 2.05) is 25.1 Å². The maximum absolute atomic E-state index is 13.4. The molecule has 104 valence electrons. The summed E-state index contributed by atoms with van der Waals surface area (Å²) < 4.78 is 13.6. The second kappa shape index (κ2) is 6.05. The number of benzene rings is 2. The first-order valence-electron chi connectivity index (χ1n) is 6.10. The van der Waals surface area contributed by atoms with Gasteiger partial charge in [-0.05, 0) is 46.6 Å². The van der Waals surface area contributed by atoms with Crippen LogP contribution in [0.4, 0.5) is 10.1 Å². The summed E-state index contributed by atoms with van der Waals surface area (Å²) in [6.45, 7) is 1.83. The second-order valence-electron chi connectivity index (χ2n) is 4.43. The maximum atomic E-state index is 13.4. The fourth-order valence-corrected chi connectivity index (χ4v) is 2.38. The third-order valence-corrected chi connectivity index (χ3v) is 3.81. The van der Waals surface area contributed by atoms with Crippen LogP contribution in [0.2, 0.25) is 0 Å². The highest BCUT2D eigenvalue weighted by molar-refractivity contribution is 9.10. The van der Waals surface area contributed by atoms with Crippen LogP contribution in [0.25, 0.3) is 0 Å². The molecule has 3 N–H and O–H groups in total. The Morgan fingerprint density at radius 3 is 2.65 bits per heavy atom. The van der Waals surface area contributed by atoms with Crippen LogP contribution in [-0.2, 0) is 0 Å². The number of hydrogen-bond donors (Lipinski definition) is 2. The van der Waals surface area contributed by atoms with Gasteiger partial charge < -0.3 is 11.1 Å². The lowest BCUT2D eigenvalue weighted by atomic mass is 10.1. The summed E-state index contributed by atoms with van der Waals surface area (Å²) in [6, 6.07) is 11.4. The molecule has 0 bridgehead atoms. The molecule has 0 aliphatic rings. The van der Waals surface area contributed by atoms with Crippen molar-refractivity contribution in [3.8, 4) is 0 Å². The number of amides is 1. The Bertz CT molecular complexity index is 646. The minimum absolute atomic E-state index is 0.158. The highest BCUT2D eigenvalue weighted by Gasteiger charge is 2.16. The SMILES string of the molecule is CC(NC(=O)c1cccc(F)c1Br)c1ccccc1N. The van der Waals surface area contributed by atoms with Gasteiger partial charge in [-0.15, -0.1) is 0 Å². The van der Waals surface area contributed by atoms with Crippen LogP contribution >= 0.6 is 15.9 Å². The molecule has 2 aromatic rings. The van der Waals surface area contributed by atoms with Crippen LogP contribution in [0, 0.1) is 5.82 Å². The van der Waals surface area contributed by atoms with Gasteiger partial charge in [0.15, 0.2) is 0 Å². The van der Waals surface area contributed by atoms with Gasteiger partial charge in [0.1, 0.15) is 5.82 Å². The lowest BCUT2D eigenvalue weighted by Crippen LogP contribution is -2.27. The van der Waals surface area contributed by atoms with E-state index in [0.717, 1.165) is 5.56 Å². The van der Waals surface area contributed by atoms with Gasteiger partial charge >= 0.3 is 0 Å². The van der Waals surface area contributed by atoms with Gasteiger partial charge in [-0.2, -0.15) is 0 Å². The molecule has 0 saturated carbocycles. The molecule has 1 unspecified atom stereocenters. The Hall–Kier alpha value is -1.88. The van der Waals surface area contributed by atoms with E-state index in [0.29, 0.717) is 5.69 Å². The number of nitrogens with two attached hydrogens (primary N) is 1. The molecule has 20 heavy (non-hydrogen) atoms. The molecule has 0 spiro atoms. The molecule has 0 saturated heterocycles. The molecule has 0 aliphatic carbocycles. The summed E-state index contributed by atoms with van der Waals surface area (Å²) in [7, 11) is 0. The smallest absolute Gasteiger partial charge is 0.253 e. The van der Waals surface area contributed by atoms with Gasteiger partial charge in [-0.25, -0.2) is 4.39 Å². The van der Waals surface area contributed by atoms with E-state index in [9.17, 15) is 9.18 Å². The van der Waals surface area contributed by atoms with Crippen LogP contribution in [0.3, 0.4) is 0 Å². The molecule has 2 rings (SSSR count). The first-order chi connectivity index (χ1) is 9.50. The molecule has 1 amide bonds. The van der Waals surface area contributed by atoms with Gasteiger partial charge in [0.2, 0.25) is 0 Å². The van der Waals surface area contributed by atoms with Crippen molar-refractivity contribution >= 4 is 27.5 Å². The predicted octanol–water partition coefficient (Wildman–Crippen LogP) is 3.66. The Labute approximate surface area is 125 Å². The van der Waals surface area contributed by atoms with Crippen LogP contribution in [0.5, 0.6) is 0 Å². The van der Waals surface area contributed by atoms with Gasteiger partial charge in [0.25, 0.3) is 5.91 Å². The van der Waals surface area contributed by atoms with Gasteiger partial charge in [0.05, 0.1) is 16.1 Å². The van der Waals surface area contributed by atoms with Crippen molar-refractivity contribution in [3.05, 3.63) is 63.9 Å². The Morgan fingerprint density at radius 1 is 1.25 bits per heavy atom. The Balaban J connectivity index is 2.20. The molecule has 3 nitrogen and oxygen atoms in total. The summed E-state index contributed by atoms with van der Waals surface area (Å²) in [5.74, 6) is -0.823. The van der Waals surface area contributed by atoms with Gasteiger partial charge in [-0.1, -0.05) is 24.3 Å². The Kier molecular flexibility index (Phi) is 4.39. The summed E-state index contributed by atoms with van der Waals surface area (Å²) in [6.07, 6.45) is 0. The van der Waals surface area contributed by atoms with E-state index < -0.39 is 5.82 Å². The zero-order chi connectivity index (χ0) is 14.7. The van der Waals surface area contributed by atoms with Crippen molar-refractivity contribution in [2.24, 2.45) is 0 Å². The van der Waals surface area contributed by atoms with Gasteiger partial charge in [0, 0.05) is 5.69 Å². The number of halogens is 2. The number of nitrogen functional groups attached to an aromatic ring is 1. The Morgan fingerprint density at radius 2 is 1.95 bits per heavy atom. The van der Waals surface area contributed by atoms with Crippen LogP contribution < -0.4 is 11.1 Å². The minimum Gasteiger partial charge on any atom is -0.398 e. The predicted molar refractivity (Wildman–Crippen MR) is 80.8 cm³/mol. The van der Waals surface area contributed by atoms with E-state index in [1.165, 1.54) is 12.1 Å². The number of anilines is 1. The molecular weight excluding hydrogens is 323 g/mol. The fraction of sp³-hybridized carbons (Fsp3) is 0.133. The molecular formula is C15H14BrFN2O. The molecule has 0 fully saturated rings. The number of rotatable bonds is 3. The van der Waals surface area contributed by atoms with Gasteiger partial charge in [-0.3, -0.25) is 4.79 Å². The molecule has 1 atom stereocenters. The zero-order valence-electron chi connectivity index (χ0n) is 10.9. The molecule has 2 aromatic carbocycles. The average molecular weight is 337 g/mol. The number of nitrogens with one attached hydrogen (secondary N) is 1. The second-order valence-corrected chi connectivity index (χ2v) is 5.22. The van der Waals surface area contributed by atoms with Crippen molar-refractivity contribution < 1.29 is 9.18 Å². The molecule has 0 radical (unpaired) electrons. The van der Waals surface area contributed by atoms with E-state index in [2.05, 4.69) is 21.2 Å². The molecule has 0 aliphatic heterocycles. The fourth-order valence-electron chi connectivity index (χ4n) is 1.94. The highest BCUT2D eigenvalue weighted by Crippen LogP contribution is 2.23. The number of carbonyl (C=O) groups excluding carboxylic acids is 1. The van der Waals surface area contributed by atoms with E-state index >= 15 is 0 Å². The minimum atomic E-state index is -0.468. The zero-order valence-corrected chi connectivity index (χ0v) is 12.4.